The zero-order chi connectivity index (χ0) is 21.5. The lowest BCUT2D eigenvalue weighted by Gasteiger charge is -2.09. The maximum atomic E-state index is 4.51. The first kappa shape index (κ1) is 20.9. The zero-order valence-corrected chi connectivity index (χ0v) is 18.0. The first-order valence-corrected chi connectivity index (χ1v) is 10.9. The molecule has 6 nitrogen and oxygen atoms in total. The standard InChI is InChI=1S/C25H28N6/c1-3-14-26-18(2)24-29-17-23(31-24)20-12-10-19(11-13-20)7-4-5-8-21-16-28-25(30-21)22-9-6-15-27-22/h10-13,16-18,22,26-27H,3,6,9,14-15H2,1-2H3,(H,28,30)(H,29,31). The van der Waals surface area contributed by atoms with Gasteiger partial charge in [-0.2, -0.15) is 0 Å². The number of nitrogens with zero attached hydrogens (tertiary/aromatic N) is 2. The van der Waals surface area contributed by atoms with Crippen molar-refractivity contribution < 1.29 is 0 Å². The lowest BCUT2D eigenvalue weighted by Crippen LogP contribution is -2.20. The minimum absolute atomic E-state index is 0.206. The van der Waals surface area contributed by atoms with Crippen LogP contribution in [0.15, 0.2) is 36.7 Å². The zero-order valence-electron chi connectivity index (χ0n) is 18.0. The third kappa shape index (κ3) is 5.44. The average molecular weight is 413 g/mol. The van der Waals surface area contributed by atoms with Crippen molar-refractivity contribution >= 4 is 0 Å². The van der Waals surface area contributed by atoms with Crippen LogP contribution in [0.3, 0.4) is 0 Å². The van der Waals surface area contributed by atoms with Crippen molar-refractivity contribution in [1.82, 2.24) is 30.6 Å². The fraction of sp³-hybridized carbons (Fsp3) is 0.360. The fourth-order valence-corrected chi connectivity index (χ4v) is 3.59. The Kier molecular flexibility index (Phi) is 6.84. The maximum absolute atomic E-state index is 4.51. The molecule has 158 valence electrons. The molecule has 1 aromatic carbocycles. The molecule has 4 rings (SSSR count). The van der Waals surface area contributed by atoms with Gasteiger partial charge in [-0.05, 0) is 74.7 Å². The maximum Gasteiger partial charge on any atom is 0.124 e. The molecule has 0 saturated carbocycles. The first-order chi connectivity index (χ1) is 15.2. The van der Waals surface area contributed by atoms with Gasteiger partial charge in [0.2, 0.25) is 0 Å². The normalized spacial score (nSPS) is 16.3. The molecule has 2 unspecified atom stereocenters. The van der Waals surface area contributed by atoms with Crippen molar-refractivity contribution in [3.05, 3.63) is 59.6 Å². The predicted octanol–water partition coefficient (Wildman–Crippen LogP) is 3.69. The summed E-state index contributed by atoms with van der Waals surface area (Å²) in [5.74, 6) is 13.9. The smallest absolute Gasteiger partial charge is 0.124 e. The summed E-state index contributed by atoms with van der Waals surface area (Å²) in [5, 5.41) is 6.87. The molecular formula is C25H28N6. The third-order valence-electron chi connectivity index (χ3n) is 5.35. The average Bonchev–Trinajstić information content (AvgIpc) is 3.56. The van der Waals surface area contributed by atoms with Crippen molar-refractivity contribution in [2.45, 2.75) is 45.2 Å². The molecule has 4 N–H and O–H groups in total. The Balaban J connectivity index is 1.36. The number of hydrogen-bond donors (Lipinski definition) is 4. The Bertz CT molecular complexity index is 1110. The minimum Gasteiger partial charge on any atom is -0.341 e. The molecule has 3 aromatic rings. The van der Waals surface area contributed by atoms with Gasteiger partial charge in [-0.15, -0.1) is 0 Å². The van der Waals surface area contributed by atoms with Gasteiger partial charge in [0.1, 0.15) is 17.3 Å². The van der Waals surface area contributed by atoms with Crippen LogP contribution < -0.4 is 10.6 Å². The van der Waals surface area contributed by atoms with E-state index in [0.29, 0.717) is 6.04 Å². The molecule has 31 heavy (non-hydrogen) atoms. The highest BCUT2D eigenvalue weighted by Gasteiger charge is 2.18. The lowest BCUT2D eigenvalue weighted by molar-refractivity contribution is 0.549. The summed E-state index contributed by atoms with van der Waals surface area (Å²) in [6.07, 6.45) is 7.06. The lowest BCUT2D eigenvalue weighted by atomic mass is 10.1. The van der Waals surface area contributed by atoms with E-state index in [1.807, 2.05) is 18.3 Å². The number of hydrogen-bond acceptors (Lipinski definition) is 4. The quantitative estimate of drug-likeness (QED) is 0.466. The molecule has 1 aliphatic heterocycles. The largest absolute Gasteiger partial charge is 0.341 e. The van der Waals surface area contributed by atoms with Crippen LogP contribution in [0.25, 0.3) is 11.3 Å². The van der Waals surface area contributed by atoms with E-state index >= 15 is 0 Å². The number of nitrogens with one attached hydrogen (secondary N) is 4. The van der Waals surface area contributed by atoms with Gasteiger partial charge < -0.3 is 20.6 Å². The first-order valence-electron chi connectivity index (χ1n) is 10.9. The number of aromatic nitrogens is 4. The molecule has 2 aromatic heterocycles. The summed E-state index contributed by atoms with van der Waals surface area (Å²) in [5.41, 5.74) is 3.82. The minimum atomic E-state index is 0.206. The molecule has 0 radical (unpaired) electrons. The molecular weight excluding hydrogens is 384 g/mol. The van der Waals surface area contributed by atoms with Crippen molar-refractivity contribution in [1.29, 1.82) is 0 Å². The molecule has 1 aliphatic rings. The summed E-state index contributed by atoms with van der Waals surface area (Å²) in [6, 6.07) is 8.63. The number of rotatable bonds is 6. The SMILES string of the molecule is CCCNC(C)c1ncc(-c2ccc(C#CC#Cc3cnc(C4CCCN4)[nH]3)cc2)[nH]1. The van der Waals surface area contributed by atoms with Gasteiger partial charge in [-0.25, -0.2) is 9.97 Å². The number of benzene rings is 1. The van der Waals surface area contributed by atoms with Gasteiger partial charge in [-0.1, -0.05) is 25.0 Å². The van der Waals surface area contributed by atoms with Crippen LogP contribution in [-0.4, -0.2) is 33.0 Å². The van der Waals surface area contributed by atoms with E-state index in [-0.39, 0.29) is 6.04 Å². The molecule has 3 heterocycles. The van der Waals surface area contributed by atoms with Crippen LogP contribution in [0.5, 0.6) is 0 Å². The molecule has 1 fully saturated rings. The topological polar surface area (TPSA) is 81.4 Å². The van der Waals surface area contributed by atoms with E-state index in [1.165, 1.54) is 6.42 Å². The number of aromatic amines is 2. The Labute approximate surface area is 183 Å². The molecule has 1 saturated heterocycles. The van der Waals surface area contributed by atoms with Gasteiger partial charge in [0, 0.05) is 5.56 Å². The van der Waals surface area contributed by atoms with E-state index in [0.717, 1.165) is 60.1 Å². The highest BCUT2D eigenvalue weighted by molar-refractivity contribution is 5.60. The molecule has 0 spiro atoms. The second kappa shape index (κ2) is 10.1. The number of H-pyrrole nitrogens is 2. The molecule has 2 atom stereocenters. The van der Waals surface area contributed by atoms with E-state index in [1.54, 1.807) is 6.20 Å². The van der Waals surface area contributed by atoms with E-state index in [2.05, 4.69) is 80.2 Å². The summed E-state index contributed by atoms with van der Waals surface area (Å²) in [7, 11) is 0. The number of imidazole rings is 2. The highest BCUT2D eigenvalue weighted by atomic mass is 15.0. The van der Waals surface area contributed by atoms with Crippen molar-refractivity contribution in [3.8, 4) is 34.9 Å². The monoisotopic (exact) mass is 412 g/mol. The van der Waals surface area contributed by atoms with Gasteiger partial charge in [-0.3, -0.25) is 0 Å². The van der Waals surface area contributed by atoms with E-state index < -0.39 is 0 Å². The van der Waals surface area contributed by atoms with Crippen LogP contribution >= 0.6 is 0 Å². The molecule has 0 amide bonds. The van der Waals surface area contributed by atoms with Gasteiger partial charge in [0.25, 0.3) is 0 Å². The second-order valence-electron chi connectivity index (χ2n) is 7.77. The van der Waals surface area contributed by atoms with Crippen molar-refractivity contribution in [3.63, 3.8) is 0 Å². The van der Waals surface area contributed by atoms with E-state index in [9.17, 15) is 0 Å². The second-order valence-corrected chi connectivity index (χ2v) is 7.77. The van der Waals surface area contributed by atoms with Crippen molar-refractivity contribution in [2.24, 2.45) is 0 Å². The molecule has 0 aliphatic carbocycles. The van der Waals surface area contributed by atoms with Gasteiger partial charge >= 0.3 is 0 Å². The summed E-state index contributed by atoms with van der Waals surface area (Å²) in [4.78, 5) is 15.6. The van der Waals surface area contributed by atoms with Crippen LogP contribution in [0, 0.1) is 23.7 Å². The van der Waals surface area contributed by atoms with Gasteiger partial charge in [0.05, 0.1) is 30.2 Å². The molecule has 6 heteroatoms. The van der Waals surface area contributed by atoms with E-state index in [4.69, 9.17) is 0 Å². The Hall–Kier alpha value is -3.32. The van der Waals surface area contributed by atoms with Crippen LogP contribution in [0.2, 0.25) is 0 Å². The summed E-state index contributed by atoms with van der Waals surface area (Å²) in [6.45, 7) is 6.30. The summed E-state index contributed by atoms with van der Waals surface area (Å²) < 4.78 is 0. The van der Waals surface area contributed by atoms with Gasteiger partial charge in [0.15, 0.2) is 0 Å². The third-order valence-corrected chi connectivity index (χ3v) is 5.35. The Morgan fingerprint density at radius 1 is 1.10 bits per heavy atom. The van der Waals surface area contributed by atoms with Crippen LogP contribution in [0.1, 0.15) is 68.1 Å². The summed E-state index contributed by atoms with van der Waals surface area (Å²) >= 11 is 0. The fourth-order valence-electron chi connectivity index (χ4n) is 3.59. The Morgan fingerprint density at radius 2 is 1.94 bits per heavy atom. The molecule has 0 bridgehead atoms. The highest BCUT2D eigenvalue weighted by Crippen LogP contribution is 2.20. The Morgan fingerprint density at radius 3 is 2.71 bits per heavy atom. The van der Waals surface area contributed by atoms with Crippen LogP contribution in [0.4, 0.5) is 0 Å². The predicted molar refractivity (Wildman–Crippen MR) is 123 cm³/mol. The van der Waals surface area contributed by atoms with Crippen molar-refractivity contribution in [2.75, 3.05) is 13.1 Å². The van der Waals surface area contributed by atoms with Crippen LogP contribution in [-0.2, 0) is 0 Å².